The summed E-state index contributed by atoms with van der Waals surface area (Å²) in [6.07, 6.45) is -3.76. The van der Waals surface area contributed by atoms with Gasteiger partial charge in [-0.3, -0.25) is 19.1 Å². The molecular formula is C27H25IN2O9. The number of H-pyrrole nitrogens is 1. The van der Waals surface area contributed by atoms with Gasteiger partial charge in [0.05, 0.1) is 14.7 Å². The summed E-state index contributed by atoms with van der Waals surface area (Å²) in [5, 5.41) is 0. The number of rotatable bonds is 7. The second-order valence-electron chi connectivity index (χ2n) is 8.98. The van der Waals surface area contributed by atoms with Crippen LogP contribution in [0.1, 0.15) is 45.0 Å². The van der Waals surface area contributed by atoms with Crippen molar-refractivity contribution in [2.24, 2.45) is 0 Å². The molecule has 0 spiro atoms. The van der Waals surface area contributed by atoms with Gasteiger partial charge in [0.15, 0.2) is 18.4 Å². The fourth-order valence-corrected chi connectivity index (χ4v) is 4.42. The van der Waals surface area contributed by atoms with Crippen molar-refractivity contribution in [2.45, 2.75) is 45.3 Å². The summed E-state index contributed by atoms with van der Waals surface area (Å²) < 4.78 is 23.9. The van der Waals surface area contributed by atoms with Crippen molar-refractivity contribution < 1.29 is 33.3 Å². The third kappa shape index (κ3) is 6.63. The molecule has 4 atom stereocenters. The van der Waals surface area contributed by atoms with Gasteiger partial charge in [-0.2, -0.15) is 0 Å². The van der Waals surface area contributed by atoms with Crippen LogP contribution in [0.4, 0.5) is 0 Å². The molecule has 0 saturated carbocycles. The zero-order valence-corrected chi connectivity index (χ0v) is 23.4. The van der Waals surface area contributed by atoms with Crippen LogP contribution in [-0.4, -0.2) is 52.4 Å². The highest BCUT2D eigenvalue weighted by molar-refractivity contribution is 14.1. The lowest BCUT2D eigenvalue weighted by atomic mass is 10.1. The van der Waals surface area contributed by atoms with E-state index in [1.807, 2.05) is 13.8 Å². The van der Waals surface area contributed by atoms with Crippen LogP contribution < -0.4 is 11.2 Å². The number of nitrogens with zero attached hydrogens (tertiary/aromatic N) is 1. The van der Waals surface area contributed by atoms with Crippen LogP contribution in [0.25, 0.3) is 0 Å². The normalized spacial score (nSPS) is 20.3. The molecule has 2 heterocycles. The zero-order chi connectivity index (χ0) is 28.3. The Hall–Kier alpha value is -3.78. The molecule has 3 aromatic rings. The first kappa shape index (κ1) is 28.2. The van der Waals surface area contributed by atoms with Crippen LogP contribution in [0.3, 0.4) is 0 Å². The topological polar surface area (TPSA) is 143 Å². The van der Waals surface area contributed by atoms with Crippen molar-refractivity contribution in [2.75, 3.05) is 6.61 Å². The SMILES string of the molecule is CC(=O)O[C@H]1[C@H](OC(=O)c2ccc(C)cc2)[C@H](COC(=O)c2ccc(C)cc2)O[C@H]1n1cc(I)c(=O)[nH]c1=O. The molecule has 1 aromatic heterocycles. The minimum atomic E-state index is -1.31. The smallest absolute Gasteiger partial charge is 0.338 e. The number of ether oxygens (including phenoxy) is 4. The molecule has 1 saturated heterocycles. The number of carbonyl (C=O) groups is 3. The average Bonchev–Trinajstić information content (AvgIpc) is 3.21. The third-order valence-corrected chi connectivity index (χ3v) is 6.75. The molecule has 1 aliphatic rings. The van der Waals surface area contributed by atoms with Crippen molar-refractivity contribution in [3.05, 3.63) is 101 Å². The van der Waals surface area contributed by atoms with Crippen LogP contribution in [0, 0.1) is 17.4 Å². The molecule has 1 aliphatic heterocycles. The fraction of sp³-hybridized carbons (Fsp3) is 0.296. The number of aromatic nitrogens is 2. The van der Waals surface area contributed by atoms with Crippen LogP contribution >= 0.6 is 22.6 Å². The van der Waals surface area contributed by atoms with Gasteiger partial charge in [0, 0.05) is 13.1 Å². The summed E-state index contributed by atoms with van der Waals surface area (Å²) in [6, 6.07) is 13.3. The zero-order valence-electron chi connectivity index (χ0n) is 21.2. The van der Waals surface area contributed by atoms with Crippen LogP contribution in [-0.2, 0) is 23.7 Å². The quantitative estimate of drug-likeness (QED) is 0.233. The molecule has 204 valence electrons. The van der Waals surface area contributed by atoms with Gasteiger partial charge in [-0.15, -0.1) is 0 Å². The number of aryl methyl sites for hydroxylation is 2. The Labute approximate surface area is 236 Å². The van der Waals surface area contributed by atoms with Gasteiger partial charge < -0.3 is 18.9 Å². The molecule has 1 N–H and O–H groups in total. The van der Waals surface area contributed by atoms with Crippen LogP contribution in [0.5, 0.6) is 0 Å². The van der Waals surface area contributed by atoms with Crippen molar-refractivity contribution in [1.29, 1.82) is 0 Å². The summed E-state index contributed by atoms with van der Waals surface area (Å²) in [6.45, 7) is 4.51. The molecule has 4 rings (SSSR count). The second kappa shape index (κ2) is 11.9. The first-order valence-corrected chi connectivity index (χ1v) is 13.0. The number of benzene rings is 2. The van der Waals surface area contributed by atoms with Crippen molar-refractivity contribution in [3.8, 4) is 0 Å². The fourth-order valence-electron chi connectivity index (χ4n) is 3.99. The van der Waals surface area contributed by atoms with Gasteiger partial charge in [0.25, 0.3) is 5.56 Å². The van der Waals surface area contributed by atoms with Gasteiger partial charge >= 0.3 is 23.6 Å². The van der Waals surface area contributed by atoms with Crippen molar-refractivity contribution in [3.63, 3.8) is 0 Å². The molecule has 12 heteroatoms. The van der Waals surface area contributed by atoms with E-state index in [2.05, 4.69) is 4.98 Å². The van der Waals surface area contributed by atoms with Crippen molar-refractivity contribution >= 4 is 40.5 Å². The Morgan fingerprint density at radius 1 is 0.897 bits per heavy atom. The van der Waals surface area contributed by atoms with E-state index in [4.69, 9.17) is 18.9 Å². The summed E-state index contributed by atoms with van der Waals surface area (Å²) >= 11 is 1.74. The van der Waals surface area contributed by atoms with Gasteiger partial charge in [0.2, 0.25) is 0 Å². The van der Waals surface area contributed by atoms with E-state index in [9.17, 15) is 24.0 Å². The number of aromatic amines is 1. The maximum atomic E-state index is 13.0. The van der Waals surface area contributed by atoms with Crippen molar-refractivity contribution in [1.82, 2.24) is 9.55 Å². The van der Waals surface area contributed by atoms with E-state index >= 15 is 0 Å². The first-order valence-electron chi connectivity index (χ1n) is 11.9. The predicted molar refractivity (Wildman–Crippen MR) is 145 cm³/mol. The largest absolute Gasteiger partial charge is 0.459 e. The Morgan fingerprint density at radius 2 is 1.46 bits per heavy atom. The minimum absolute atomic E-state index is 0.167. The molecule has 1 fully saturated rings. The van der Waals surface area contributed by atoms with E-state index in [0.29, 0.717) is 5.56 Å². The highest BCUT2D eigenvalue weighted by atomic mass is 127. The Morgan fingerprint density at radius 3 is 2.03 bits per heavy atom. The first-order chi connectivity index (χ1) is 18.5. The van der Waals surface area contributed by atoms with E-state index in [1.54, 1.807) is 71.1 Å². The monoisotopic (exact) mass is 648 g/mol. The number of hydrogen-bond acceptors (Lipinski definition) is 9. The molecule has 0 bridgehead atoms. The molecule has 0 unspecified atom stereocenters. The molecular weight excluding hydrogens is 623 g/mol. The molecule has 0 amide bonds. The number of hydrogen-bond donors (Lipinski definition) is 1. The standard InChI is InChI=1S/C27H25IN2O9/c1-14-4-8-17(9-5-14)25(33)36-13-20-21(39-26(34)18-10-6-15(2)7-11-18)22(37-16(3)31)24(38-20)30-12-19(28)23(32)29-27(30)35/h4-12,20-22,24H,13H2,1-3H3,(H,29,32,35)/t20-,21+,22-,24+/m0/s1. The van der Waals surface area contributed by atoms with Crippen LogP contribution in [0.2, 0.25) is 0 Å². The van der Waals surface area contributed by atoms with Gasteiger partial charge in [-0.05, 0) is 60.7 Å². The van der Waals surface area contributed by atoms with E-state index in [1.165, 1.54) is 6.20 Å². The molecule has 39 heavy (non-hydrogen) atoms. The highest BCUT2D eigenvalue weighted by Gasteiger charge is 2.51. The Bertz CT molecular complexity index is 1500. The lowest BCUT2D eigenvalue weighted by molar-refractivity contribution is -0.156. The molecule has 2 aromatic carbocycles. The number of esters is 3. The number of nitrogens with one attached hydrogen (secondary N) is 1. The number of halogens is 1. The van der Waals surface area contributed by atoms with E-state index in [0.717, 1.165) is 22.6 Å². The van der Waals surface area contributed by atoms with Crippen LogP contribution in [0.15, 0.2) is 64.3 Å². The average molecular weight is 648 g/mol. The number of carbonyl (C=O) groups excluding carboxylic acids is 3. The summed E-state index contributed by atoms with van der Waals surface area (Å²) in [7, 11) is 0. The van der Waals surface area contributed by atoms with Gasteiger partial charge in [-0.1, -0.05) is 35.4 Å². The van der Waals surface area contributed by atoms with Gasteiger partial charge in [0.1, 0.15) is 12.7 Å². The summed E-state index contributed by atoms with van der Waals surface area (Å²) in [5.74, 6) is -2.11. The Kier molecular flexibility index (Phi) is 8.65. The molecule has 0 aliphatic carbocycles. The lowest BCUT2D eigenvalue weighted by Crippen LogP contribution is -2.43. The predicted octanol–water partition coefficient (Wildman–Crippen LogP) is 2.67. The second-order valence-corrected chi connectivity index (χ2v) is 10.1. The van der Waals surface area contributed by atoms with E-state index in [-0.39, 0.29) is 15.7 Å². The minimum Gasteiger partial charge on any atom is -0.459 e. The molecule has 11 nitrogen and oxygen atoms in total. The third-order valence-electron chi connectivity index (χ3n) is 5.98. The van der Waals surface area contributed by atoms with E-state index < -0.39 is 53.7 Å². The maximum absolute atomic E-state index is 13.0. The summed E-state index contributed by atoms with van der Waals surface area (Å²) in [5.41, 5.74) is 0.986. The molecule has 0 radical (unpaired) electrons. The lowest BCUT2D eigenvalue weighted by Gasteiger charge is -2.24. The summed E-state index contributed by atoms with van der Waals surface area (Å²) in [4.78, 5) is 64.5. The maximum Gasteiger partial charge on any atom is 0.338 e. The Balaban J connectivity index is 1.67. The highest BCUT2D eigenvalue weighted by Crippen LogP contribution is 2.34. The van der Waals surface area contributed by atoms with Gasteiger partial charge in [-0.25, -0.2) is 14.4 Å².